The molecule has 0 aliphatic carbocycles. The van der Waals surface area contributed by atoms with E-state index < -0.39 is 0 Å². The number of nitrogens with zero attached hydrogens (tertiary/aromatic N) is 1. The average molecular weight is 211 g/mol. The number of aromatic nitrogens is 1. The van der Waals surface area contributed by atoms with E-state index in [2.05, 4.69) is 10.4 Å². The molecular weight excluding hydrogens is 194 g/mol. The van der Waals surface area contributed by atoms with Crippen LogP contribution in [0.5, 0.6) is 0 Å². The summed E-state index contributed by atoms with van der Waals surface area (Å²) < 4.78 is 10.3. The van der Waals surface area contributed by atoms with Gasteiger partial charge >= 0.3 is 0 Å². The molecule has 1 unspecified atom stereocenters. The molecule has 1 heterocycles. The van der Waals surface area contributed by atoms with Crippen LogP contribution in [0, 0.1) is 0 Å². The zero-order valence-corrected chi connectivity index (χ0v) is 8.85. The van der Waals surface area contributed by atoms with Crippen molar-refractivity contribution < 1.29 is 9.47 Å². The topological polar surface area (TPSA) is 69.4 Å². The first-order chi connectivity index (χ1) is 7.38. The summed E-state index contributed by atoms with van der Waals surface area (Å²) in [6.45, 7) is 1.66. The summed E-state index contributed by atoms with van der Waals surface area (Å²) >= 11 is 0. The average Bonchev–Trinajstić information content (AvgIpc) is 2.30. The number of nitrogens with two attached hydrogens (primary N) is 1. The second kappa shape index (κ2) is 7.30. The predicted octanol–water partition coefficient (Wildman–Crippen LogP) is 0.249. The zero-order valence-electron chi connectivity index (χ0n) is 8.85. The first-order valence-corrected chi connectivity index (χ1v) is 4.81. The van der Waals surface area contributed by atoms with Crippen molar-refractivity contribution in [1.82, 2.24) is 10.4 Å². The van der Waals surface area contributed by atoms with Gasteiger partial charge < -0.3 is 9.47 Å². The summed E-state index contributed by atoms with van der Waals surface area (Å²) in [5.74, 6) is 5.43. The molecule has 1 aromatic heterocycles. The van der Waals surface area contributed by atoms with E-state index in [0.717, 1.165) is 5.56 Å². The van der Waals surface area contributed by atoms with E-state index in [9.17, 15) is 0 Å². The molecule has 1 aromatic rings. The summed E-state index contributed by atoms with van der Waals surface area (Å²) in [4.78, 5) is 4.02. The van der Waals surface area contributed by atoms with Gasteiger partial charge in [-0.15, -0.1) is 0 Å². The number of nitrogens with one attached hydrogen (secondary N) is 1. The SMILES string of the molecule is COCCOCC(NN)c1cccnc1. The molecule has 0 aliphatic rings. The van der Waals surface area contributed by atoms with Gasteiger partial charge in [-0.05, 0) is 11.6 Å². The van der Waals surface area contributed by atoms with Crippen molar-refractivity contribution in [3.05, 3.63) is 30.1 Å². The Morgan fingerprint density at radius 2 is 2.40 bits per heavy atom. The van der Waals surface area contributed by atoms with Gasteiger partial charge in [-0.2, -0.15) is 0 Å². The standard InChI is InChI=1S/C10H17N3O2/c1-14-5-6-15-8-10(13-11)9-3-2-4-12-7-9/h2-4,7,10,13H,5-6,8,11H2,1H3. The molecule has 0 fully saturated rings. The second-order valence-corrected chi connectivity index (χ2v) is 3.07. The Morgan fingerprint density at radius 1 is 1.53 bits per heavy atom. The third-order valence-corrected chi connectivity index (χ3v) is 2.00. The van der Waals surface area contributed by atoms with E-state index in [1.807, 2.05) is 12.1 Å². The van der Waals surface area contributed by atoms with Gasteiger partial charge in [-0.3, -0.25) is 16.3 Å². The van der Waals surface area contributed by atoms with Crippen LogP contribution in [0.25, 0.3) is 0 Å². The van der Waals surface area contributed by atoms with Crippen molar-refractivity contribution in [3.8, 4) is 0 Å². The van der Waals surface area contributed by atoms with Crippen molar-refractivity contribution in [1.29, 1.82) is 0 Å². The number of rotatable bonds is 7. The predicted molar refractivity (Wildman–Crippen MR) is 57.0 cm³/mol. The van der Waals surface area contributed by atoms with Crippen LogP contribution >= 0.6 is 0 Å². The normalized spacial score (nSPS) is 12.7. The molecule has 0 radical (unpaired) electrons. The lowest BCUT2D eigenvalue weighted by Crippen LogP contribution is -2.31. The van der Waals surface area contributed by atoms with Crippen LogP contribution in [0.4, 0.5) is 0 Å². The molecular formula is C10H17N3O2. The highest BCUT2D eigenvalue weighted by atomic mass is 16.5. The van der Waals surface area contributed by atoms with Gasteiger partial charge in [0.25, 0.3) is 0 Å². The Bertz CT molecular complexity index is 256. The molecule has 1 atom stereocenters. The van der Waals surface area contributed by atoms with Crippen molar-refractivity contribution >= 4 is 0 Å². The molecule has 1 rings (SSSR count). The van der Waals surface area contributed by atoms with Crippen molar-refractivity contribution in [2.45, 2.75) is 6.04 Å². The number of hydrogen-bond acceptors (Lipinski definition) is 5. The molecule has 0 aromatic carbocycles. The van der Waals surface area contributed by atoms with E-state index in [1.165, 1.54) is 0 Å². The third kappa shape index (κ3) is 4.35. The number of methoxy groups -OCH3 is 1. The van der Waals surface area contributed by atoms with E-state index in [1.54, 1.807) is 19.5 Å². The highest BCUT2D eigenvalue weighted by Crippen LogP contribution is 2.09. The lowest BCUT2D eigenvalue weighted by molar-refractivity contribution is 0.0585. The van der Waals surface area contributed by atoms with E-state index in [0.29, 0.717) is 19.8 Å². The molecule has 5 nitrogen and oxygen atoms in total. The van der Waals surface area contributed by atoms with Crippen molar-refractivity contribution in [2.75, 3.05) is 26.9 Å². The molecule has 0 aliphatic heterocycles. The lowest BCUT2D eigenvalue weighted by atomic mass is 10.1. The first kappa shape index (κ1) is 12.1. The minimum Gasteiger partial charge on any atom is -0.382 e. The fraction of sp³-hybridized carbons (Fsp3) is 0.500. The van der Waals surface area contributed by atoms with Gasteiger partial charge in [-0.25, -0.2) is 0 Å². The zero-order chi connectivity index (χ0) is 10.9. The number of hydrazine groups is 1. The van der Waals surface area contributed by atoms with Gasteiger partial charge in [0, 0.05) is 19.5 Å². The van der Waals surface area contributed by atoms with E-state index in [4.69, 9.17) is 15.3 Å². The number of pyridine rings is 1. The molecule has 0 saturated heterocycles. The summed E-state index contributed by atoms with van der Waals surface area (Å²) in [7, 11) is 1.64. The van der Waals surface area contributed by atoms with Gasteiger partial charge in [-0.1, -0.05) is 6.07 Å². The van der Waals surface area contributed by atoms with Crippen LogP contribution in [0.2, 0.25) is 0 Å². The summed E-state index contributed by atoms with van der Waals surface area (Å²) in [6, 6.07) is 3.79. The van der Waals surface area contributed by atoms with Crippen LogP contribution < -0.4 is 11.3 Å². The van der Waals surface area contributed by atoms with Gasteiger partial charge in [0.15, 0.2) is 0 Å². The Labute approximate surface area is 89.6 Å². The van der Waals surface area contributed by atoms with Crippen LogP contribution in [-0.4, -0.2) is 31.9 Å². The van der Waals surface area contributed by atoms with E-state index in [-0.39, 0.29) is 6.04 Å². The Morgan fingerprint density at radius 3 is 3.00 bits per heavy atom. The van der Waals surface area contributed by atoms with E-state index >= 15 is 0 Å². The maximum absolute atomic E-state index is 5.43. The summed E-state index contributed by atoms with van der Waals surface area (Å²) in [5, 5.41) is 0. The molecule has 15 heavy (non-hydrogen) atoms. The first-order valence-electron chi connectivity index (χ1n) is 4.81. The van der Waals surface area contributed by atoms with Crippen molar-refractivity contribution in [2.24, 2.45) is 5.84 Å². The van der Waals surface area contributed by atoms with Crippen LogP contribution in [0.1, 0.15) is 11.6 Å². The van der Waals surface area contributed by atoms with Crippen molar-refractivity contribution in [3.63, 3.8) is 0 Å². The molecule has 0 saturated carbocycles. The van der Waals surface area contributed by atoms with Gasteiger partial charge in [0.2, 0.25) is 0 Å². The quantitative estimate of drug-likeness (QED) is 0.384. The van der Waals surface area contributed by atoms with Gasteiger partial charge in [0.1, 0.15) is 0 Å². The monoisotopic (exact) mass is 211 g/mol. The minimum atomic E-state index is -0.0319. The molecule has 0 amide bonds. The maximum atomic E-state index is 5.43. The molecule has 3 N–H and O–H groups in total. The second-order valence-electron chi connectivity index (χ2n) is 3.07. The third-order valence-electron chi connectivity index (χ3n) is 2.00. The molecule has 84 valence electrons. The molecule has 0 bridgehead atoms. The minimum absolute atomic E-state index is 0.0319. The fourth-order valence-electron chi connectivity index (χ4n) is 1.17. The van der Waals surface area contributed by atoms with Crippen LogP contribution in [0.3, 0.4) is 0 Å². The Hall–Kier alpha value is -1.01. The summed E-state index contributed by atoms with van der Waals surface area (Å²) in [6.07, 6.45) is 3.49. The number of hydrogen-bond donors (Lipinski definition) is 2. The Kier molecular flexibility index (Phi) is 5.87. The Balaban J connectivity index is 2.36. The fourth-order valence-corrected chi connectivity index (χ4v) is 1.17. The van der Waals surface area contributed by atoms with Crippen LogP contribution in [-0.2, 0) is 9.47 Å². The van der Waals surface area contributed by atoms with Crippen LogP contribution in [0.15, 0.2) is 24.5 Å². The van der Waals surface area contributed by atoms with Gasteiger partial charge in [0.05, 0.1) is 25.9 Å². The smallest absolute Gasteiger partial charge is 0.0708 e. The highest BCUT2D eigenvalue weighted by molar-refractivity contribution is 5.13. The molecule has 5 heteroatoms. The summed E-state index contributed by atoms with van der Waals surface area (Å²) in [5.41, 5.74) is 3.70. The molecule has 0 spiro atoms. The highest BCUT2D eigenvalue weighted by Gasteiger charge is 2.08. The largest absolute Gasteiger partial charge is 0.382 e. The number of ether oxygens (including phenoxy) is 2. The maximum Gasteiger partial charge on any atom is 0.0708 e. The lowest BCUT2D eigenvalue weighted by Gasteiger charge is -2.15.